The van der Waals surface area contributed by atoms with E-state index in [2.05, 4.69) is 10.9 Å². The summed E-state index contributed by atoms with van der Waals surface area (Å²) < 4.78 is 0. The summed E-state index contributed by atoms with van der Waals surface area (Å²) in [7, 11) is 0. The minimum absolute atomic E-state index is 0.361. The zero-order valence-electron chi connectivity index (χ0n) is 11.7. The van der Waals surface area contributed by atoms with Gasteiger partial charge in [-0.1, -0.05) is 17.7 Å². The van der Waals surface area contributed by atoms with Crippen molar-refractivity contribution in [1.82, 2.24) is 10.9 Å². The fraction of sp³-hybridized carbons (Fsp3) is 0.125. The second-order valence-electron chi connectivity index (χ2n) is 4.71. The van der Waals surface area contributed by atoms with E-state index in [4.69, 9.17) is 11.6 Å². The van der Waals surface area contributed by atoms with E-state index in [1.54, 1.807) is 36.4 Å². The second kappa shape index (κ2) is 6.41. The van der Waals surface area contributed by atoms with Crippen LogP contribution in [0.15, 0.2) is 42.5 Å². The van der Waals surface area contributed by atoms with Crippen LogP contribution in [0.2, 0.25) is 5.02 Å². The van der Waals surface area contributed by atoms with E-state index in [0.29, 0.717) is 16.1 Å². The molecule has 2 rings (SSSR count). The molecule has 108 valence electrons. The Morgan fingerprint density at radius 1 is 0.810 bits per heavy atom. The van der Waals surface area contributed by atoms with Gasteiger partial charge < -0.3 is 0 Å². The van der Waals surface area contributed by atoms with Crippen molar-refractivity contribution in [3.05, 3.63) is 69.7 Å². The van der Waals surface area contributed by atoms with Gasteiger partial charge in [0.25, 0.3) is 11.8 Å². The lowest BCUT2D eigenvalue weighted by Gasteiger charge is -2.08. The molecule has 2 aromatic carbocycles. The van der Waals surface area contributed by atoms with Crippen LogP contribution in [0, 0.1) is 13.8 Å². The highest BCUT2D eigenvalue weighted by molar-refractivity contribution is 6.30. The third-order valence-corrected chi connectivity index (χ3v) is 3.42. The van der Waals surface area contributed by atoms with Crippen LogP contribution < -0.4 is 10.9 Å². The van der Waals surface area contributed by atoms with E-state index in [9.17, 15) is 9.59 Å². The standard InChI is InChI=1S/C16H15ClN2O2/c1-10-3-4-13(9-11(10)2)16(21)19-18-15(20)12-5-7-14(17)8-6-12/h3-9H,1-2H3,(H,18,20)(H,19,21). The first-order valence-electron chi connectivity index (χ1n) is 6.41. The Bertz CT molecular complexity index is 681. The molecule has 0 bridgehead atoms. The SMILES string of the molecule is Cc1ccc(C(=O)NNC(=O)c2ccc(Cl)cc2)cc1C. The summed E-state index contributed by atoms with van der Waals surface area (Å²) in [4.78, 5) is 23.8. The molecule has 2 amide bonds. The Morgan fingerprint density at radius 2 is 1.33 bits per heavy atom. The van der Waals surface area contributed by atoms with E-state index < -0.39 is 5.91 Å². The minimum Gasteiger partial charge on any atom is -0.267 e. The summed E-state index contributed by atoms with van der Waals surface area (Å²) in [5.74, 6) is -0.760. The maximum absolute atomic E-state index is 12.0. The van der Waals surface area contributed by atoms with Gasteiger partial charge in [0.15, 0.2) is 0 Å². The molecule has 0 saturated heterocycles. The highest BCUT2D eigenvalue weighted by atomic mass is 35.5. The van der Waals surface area contributed by atoms with Gasteiger partial charge in [0.2, 0.25) is 0 Å². The maximum atomic E-state index is 12.0. The van der Waals surface area contributed by atoms with Crippen LogP contribution in [0.5, 0.6) is 0 Å². The van der Waals surface area contributed by atoms with Crippen LogP contribution in [0.3, 0.4) is 0 Å². The Hall–Kier alpha value is -2.33. The maximum Gasteiger partial charge on any atom is 0.269 e. The van der Waals surface area contributed by atoms with E-state index in [1.807, 2.05) is 19.9 Å². The summed E-state index contributed by atoms with van der Waals surface area (Å²) in [6, 6.07) is 11.7. The molecule has 0 fully saturated rings. The lowest BCUT2D eigenvalue weighted by Crippen LogP contribution is -2.41. The van der Waals surface area contributed by atoms with E-state index >= 15 is 0 Å². The number of halogens is 1. The largest absolute Gasteiger partial charge is 0.269 e. The molecule has 4 nitrogen and oxygen atoms in total. The normalized spacial score (nSPS) is 10.0. The molecule has 0 aliphatic heterocycles. The Kier molecular flexibility index (Phi) is 4.60. The van der Waals surface area contributed by atoms with Gasteiger partial charge in [0.1, 0.15) is 0 Å². The lowest BCUT2D eigenvalue weighted by molar-refractivity contribution is 0.0846. The summed E-state index contributed by atoms with van der Waals surface area (Å²) in [6.07, 6.45) is 0. The highest BCUT2D eigenvalue weighted by Crippen LogP contribution is 2.10. The molecule has 2 N–H and O–H groups in total. The number of hydrazine groups is 1. The molecule has 0 aliphatic carbocycles. The summed E-state index contributed by atoms with van der Waals surface area (Å²) in [5, 5.41) is 0.547. The molecule has 0 unspecified atom stereocenters. The van der Waals surface area contributed by atoms with Crippen LogP contribution in [0.25, 0.3) is 0 Å². The van der Waals surface area contributed by atoms with Crippen molar-refractivity contribution in [3.63, 3.8) is 0 Å². The van der Waals surface area contributed by atoms with Gasteiger partial charge in [-0.05, 0) is 61.4 Å². The molecular weight excluding hydrogens is 288 g/mol. The first-order valence-corrected chi connectivity index (χ1v) is 6.78. The summed E-state index contributed by atoms with van der Waals surface area (Å²) >= 11 is 5.75. The van der Waals surface area contributed by atoms with Crippen LogP contribution in [-0.2, 0) is 0 Å². The molecule has 21 heavy (non-hydrogen) atoms. The quantitative estimate of drug-likeness (QED) is 0.838. The molecular formula is C16H15ClN2O2. The number of hydrogen-bond acceptors (Lipinski definition) is 2. The van der Waals surface area contributed by atoms with E-state index in [1.165, 1.54) is 0 Å². The first-order chi connectivity index (χ1) is 9.97. The number of nitrogens with one attached hydrogen (secondary N) is 2. The summed E-state index contributed by atoms with van der Waals surface area (Å²) in [5.41, 5.74) is 7.80. The van der Waals surface area contributed by atoms with Crippen LogP contribution in [0.4, 0.5) is 0 Å². The van der Waals surface area contributed by atoms with Gasteiger partial charge in [-0.15, -0.1) is 0 Å². The van der Waals surface area contributed by atoms with Crippen LogP contribution in [0.1, 0.15) is 31.8 Å². The van der Waals surface area contributed by atoms with Gasteiger partial charge >= 0.3 is 0 Å². The van der Waals surface area contributed by atoms with Crippen molar-refractivity contribution in [1.29, 1.82) is 0 Å². The third-order valence-electron chi connectivity index (χ3n) is 3.17. The third kappa shape index (κ3) is 3.83. The number of hydrogen-bond donors (Lipinski definition) is 2. The number of carbonyl (C=O) groups excluding carboxylic acids is 2. The fourth-order valence-corrected chi connectivity index (χ4v) is 1.87. The number of rotatable bonds is 2. The van der Waals surface area contributed by atoms with Crippen molar-refractivity contribution in [2.45, 2.75) is 13.8 Å². The second-order valence-corrected chi connectivity index (χ2v) is 5.15. The van der Waals surface area contributed by atoms with Crippen molar-refractivity contribution in [2.24, 2.45) is 0 Å². The molecule has 0 saturated carbocycles. The Balaban J connectivity index is 1.98. The number of carbonyl (C=O) groups is 2. The molecule has 0 radical (unpaired) electrons. The van der Waals surface area contributed by atoms with Crippen molar-refractivity contribution in [2.75, 3.05) is 0 Å². The first kappa shape index (κ1) is 15.1. The molecule has 0 aromatic heterocycles. The van der Waals surface area contributed by atoms with Crippen LogP contribution >= 0.6 is 11.6 Å². The van der Waals surface area contributed by atoms with Crippen molar-refractivity contribution in [3.8, 4) is 0 Å². The predicted octanol–water partition coefficient (Wildman–Crippen LogP) is 3.03. The zero-order chi connectivity index (χ0) is 15.4. The average Bonchev–Trinajstić information content (AvgIpc) is 2.48. The lowest BCUT2D eigenvalue weighted by atomic mass is 10.1. The van der Waals surface area contributed by atoms with E-state index in [0.717, 1.165) is 11.1 Å². The molecule has 2 aromatic rings. The number of amides is 2. The van der Waals surface area contributed by atoms with Crippen molar-refractivity contribution >= 4 is 23.4 Å². The fourth-order valence-electron chi connectivity index (χ4n) is 1.74. The molecule has 5 heteroatoms. The van der Waals surface area contributed by atoms with Gasteiger partial charge in [0.05, 0.1) is 0 Å². The summed E-state index contributed by atoms with van der Waals surface area (Å²) in [6.45, 7) is 3.90. The number of benzene rings is 2. The average molecular weight is 303 g/mol. The van der Waals surface area contributed by atoms with Gasteiger partial charge in [-0.3, -0.25) is 20.4 Å². The highest BCUT2D eigenvalue weighted by Gasteiger charge is 2.09. The smallest absolute Gasteiger partial charge is 0.267 e. The topological polar surface area (TPSA) is 58.2 Å². The zero-order valence-corrected chi connectivity index (χ0v) is 12.5. The number of aryl methyl sites for hydroxylation is 2. The van der Waals surface area contributed by atoms with Gasteiger partial charge in [-0.25, -0.2) is 0 Å². The molecule has 0 atom stereocenters. The van der Waals surface area contributed by atoms with Gasteiger partial charge in [0, 0.05) is 16.1 Å². The predicted molar refractivity (Wildman–Crippen MR) is 82.3 cm³/mol. The monoisotopic (exact) mass is 302 g/mol. The van der Waals surface area contributed by atoms with Crippen molar-refractivity contribution < 1.29 is 9.59 Å². The Morgan fingerprint density at radius 3 is 1.90 bits per heavy atom. The molecule has 0 heterocycles. The minimum atomic E-state index is -0.399. The molecule has 0 spiro atoms. The van der Waals surface area contributed by atoms with Crippen LogP contribution in [-0.4, -0.2) is 11.8 Å². The molecule has 0 aliphatic rings. The Labute approximate surface area is 128 Å². The van der Waals surface area contributed by atoms with E-state index in [-0.39, 0.29) is 5.91 Å². The van der Waals surface area contributed by atoms with Gasteiger partial charge in [-0.2, -0.15) is 0 Å².